The highest BCUT2D eigenvalue weighted by Crippen LogP contribution is 2.00. The molecule has 3 nitrogen and oxygen atoms in total. The van der Waals surface area contributed by atoms with Crippen molar-refractivity contribution in [1.82, 2.24) is 0 Å². The lowest BCUT2D eigenvalue weighted by molar-refractivity contribution is -0.424. The van der Waals surface area contributed by atoms with Crippen LogP contribution in [-0.2, 0) is 0 Å². The summed E-state index contributed by atoms with van der Waals surface area (Å²) in [6.07, 6.45) is 4.23. The molecule has 0 N–H and O–H groups in total. The average molecular weight is 155 g/mol. The Hall–Kier alpha value is -1.12. The van der Waals surface area contributed by atoms with Crippen LogP contribution < -0.4 is 0 Å². The predicted molar refractivity (Wildman–Crippen MR) is 44.8 cm³/mol. The van der Waals surface area contributed by atoms with Crippen molar-refractivity contribution in [3.05, 3.63) is 33.5 Å². The molecule has 0 atom stereocenters. The normalized spacial score (nSPS) is 13.4. The number of hydrogen-bond acceptors (Lipinski definition) is 2. The van der Waals surface area contributed by atoms with Crippen molar-refractivity contribution in [2.45, 2.75) is 27.2 Å². The van der Waals surface area contributed by atoms with E-state index in [2.05, 4.69) is 0 Å². The second kappa shape index (κ2) is 4.66. The summed E-state index contributed by atoms with van der Waals surface area (Å²) in [5, 5.41) is 10.1. The minimum absolute atomic E-state index is 0.179. The third-order valence-corrected chi connectivity index (χ3v) is 1.45. The van der Waals surface area contributed by atoms with Gasteiger partial charge in [-0.2, -0.15) is 0 Å². The monoisotopic (exact) mass is 155 g/mol. The number of rotatable bonds is 3. The molecule has 0 amide bonds. The predicted octanol–water partition coefficient (Wildman–Crippen LogP) is 2.52. The van der Waals surface area contributed by atoms with Gasteiger partial charge >= 0.3 is 0 Å². The van der Waals surface area contributed by atoms with Crippen molar-refractivity contribution in [3.8, 4) is 0 Å². The Morgan fingerprint density at radius 2 is 2.00 bits per heavy atom. The SMILES string of the molecule is CC/C(C)=C\C=C(/C)[N+](=O)[O-]. The van der Waals surface area contributed by atoms with Gasteiger partial charge in [0, 0.05) is 13.0 Å². The fourth-order valence-electron chi connectivity index (χ4n) is 0.442. The molecule has 0 aliphatic rings. The molecule has 0 unspecified atom stereocenters. The molecule has 0 aliphatic heterocycles. The molecular formula is C8H13NO2. The molecule has 0 fully saturated rings. The van der Waals surface area contributed by atoms with Gasteiger partial charge < -0.3 is 0 Å². The highest BCUT2D eigenvalue weighted by atomic mass is 16.6. The van der Waals surface area contributed by atoms with Crippen molar-refractivity contribution in [2.75, 3.05) is 0 Å². The van der Waals surface area contributed by atoms with Crippen LogP contribution in [0.3, 0.4) is 0 Å². The van der Waals surface area contributed by atoms with Crippen LogP contribution >= 0.6 is 0 Å². The third-order valence-electron chi connectivity index (χ3n) is 1.45. The maximum absolute atomic E-state index is 10.1. The lowest BCUT2D eigenvalue weighted by Crippen LogP contribution is -1.92. The summed E-state index contributed by atoms with van der Waals surface area (Å²) < 4.78 is 0. The Balaban J connectivity index is 4.22. The first kappa shape index (κ1) is 9.88. The van der Waals surface area contributed by atoms with Gasteiger partial charge in [0.05, 0.1) is 4.92 Å². The van der Waals surface area contributed by atoms with E-state index in [1.54, 1.807) is 6.08 Å². The lowest BCUT2D eigenvalue weighted by atomic mass is 10.2. The first-order valence-corrected chi connectivity index (χ1v) is 3.56. The van der Waals surface area contributed by atoms with Crippen LogP contribution in [0, 0.1) is 10.1 Å². The topological polar surface area (TPSA) is 43.1 Å². The van der Waals surface area contributed by atoms with Crippen molar-refractivity contribution < 1.29 is 4.92 Å². The van der Waals surface area contributed by atoms with Crippen LogP contribution in [0.2, 0.25) is 0 Å². The average Bonchev–Trinajstić information content (AvgIpc) is 1.99. The first-order valence-electron chi connectivity index (χ1n) is 3.56. The van der Waals surface area contributed by atoms with Crippen LogP contribution in [-0.4, -0.2) is 4.92 Å². The summed E-state index contributed by atoms with van der Waals surface area (Å²) in [4.78, 5) is 9.72. The first-order chi connectivity index (χ1) is 5.07. The molecule has 0 aromatic heterocycles. The van der Waals surface area contributed by atoms with Crippen LogP contribution in [0.1, 0.15) is 27.2 Å². The summed E-state index contributed by atoms with van der Waals surface area (Å²) in [6.45, 7) is 5.45. The Labute approximate surface area is 66.6 Å². The van der Waals surface area contributed by atoms with E-state index < -0.39 is 0 Å². The van der Waals surface area contributed by atoms with Gasteiger partial charge in [-0.25, -0.2) is 0 Å². The second-order valence-electron chi connectivity index (χ2n) is 2.43. The zero-order valence-electron chi connectivity index (χ0n) is 7.13. The van der Waals surface area contributed by atoms with Gasteiger partial charge in [0.1, 0.15) is 0 Å². The molecule has 62 valence electrons. The highest BCUT2D eigenvalue weighted by Gasteiger charge is 1.97. The van der Waals surface area contributed by atoms with Gasteiger partial charge in [-0.05, 0) is 13.3 Å². The summed E-state index contributed by atoms with van der Waals surface area (Å²) >= 11 is 0. The van der Waals surface area contributed by atoms with E-state index in [0.29, 0.717) is 0 Å². The molecule has 3 heteroatoms. The Morgan fingerprint density at radius 1 is 1.45 bits per heavy atom. The maximum Gasteiger partial charge on any atom is 0.243 e. The molecular weight excluding hydrogens is 142 g/mol. The third kappa shape index (κ3) is 4.31. The van der Waals surface area contributed by atoms with E-state index >= 15 is 0 Å². The number of nitrogens with zero attached hydrogens (tertiary/aromatic N) is 1. The number of nitro groups is 1. The van der Waals surface area contributed by atoms with Gasteiger partial charge in [-0.3, -0.25) is 10.1 Å². The van der Waals surface area contributed by atoms with Crippen molar-refractivity contribution >= 4 is 0 Å². The molecule has 0 aromatic rings. The quantitative estimate of drug-likeness (QED) is 0.357. The van der Waals surface area contributed by atoms with Crippen molar-refractivity contribution in [3.63, 3.8) is 0 Å². The molecule has 0 radical (unpaired) electrons. The number of allylic oxidation sites excluding steroid dienone is 4. The van der Waals surface area contributed by atoms with E-state index in [0.717, 1.165) is 12.0 Å². The van der Waals surface area contributed by atoms with E-state index in [4.69, 9.17) is 0 Å². The molecule has 0 aliphatic carbocycles. The fraction of sp³-hybridized carbons (Fsp3) is 0.500. The maximum atomic E-state index is 10.1. The Kier molecular flexibility index (Phi) is 4.18. The molecule has 0 saturated heterocycles. The van der Waals surface area contributed by atoms with Crippen LogP contribution in [0.4, 0.5) is 0 Å². The standard InChI is InChI=1S/C8H13NO2/c1-4-7(2)5-6-8(3)9(10)11/h5-6H,4H2,1-3H3/b7-5-,8-6+. The van der Waals surface area contributed by atoms with Crippen molar-refractivity contribution in [2.24, 2.45) is 0 Å². The minimum atomic E-state index is -0.389. The van der Waals surface area contributed by atoms with Crippen LogP contribution in [0.15, 0.2) is 23.4 Å². The summed E-state index contributed by atoms with van der Waals surface area (Å²) in [5.41, 5.74) is 1.32. The molecule has 0 rings (SSSR count). The molecule has 0 aromatic carbocycles. The van der Waals surface area contributed by atoms with Gasteiger partial charge in [-0.1, -0.05) is 18.6 Å². The largest absolute Gasteiger partial charge is 0.259 e. The smallest absolute Gasteiger partial charge is 0.243 e. The van der Waals surface area contributed by atoms with Crippen molar-refractivity contribution in [1.29, 1.82) is 0 Å². The lowest BCUT2D eigenvalue weighted by Gasteiger charge is -1.89. The molecule has 11 heavy (non-hydrogen) atoms. The zero-order chi connectivity index (χ0) is 8.85. The van der Waals surface area contributed by atoms with Crippen LogP contribution in [0.25, 0.3) is 0 Å². The van der Waals surface area contributed by atoms with Gasteiger partial charge in [-0.15, -0.1) is 0 Å². The van der Waals surface area contributed by atoms with E-state index in [1.165, 1.54) is 13.0 Å². The van der Waals surface area contributed by atoms with E-state index in [-0.39, 0.29) is 10.6 Å². The van der Waals surface area contributed by atoms with Gasteiger partial charge in [0.25, 0.3) is 0 Å². The summed E-state index contributed by atoms with van der Waals surface area (Å²) in [6, 6.07) is 0. The second-order valence-corrected chi connectivity index (χ2v) is 2.43. The van der Waals surface area contributed by atoms with E-state index in [9.17, 15) is 10.1 Å². The molecule has 0 bridgehead atoms. The fourth-order valence-corrected chi connectivity index (χ4v) is 0.442. The summed E-state index contributed by atoms with van der Waals surface area (Å²) in [5.74, 6) is 0. The Bertz CT molecular complexity index is 204. The highest BCUT2D eigenvalue weighted by molar-refractivity contribution is 5.11. The number of hydrogen-bond donors (Lipinski definition) is 0. The molecule has 0 saturated carbocycles. The van der Waals surface area contributed by atoms with Gasteiger partial charge in [0.15, 0.2) is 0 Å². The van der Waals surface area contributed by atoms with E-state index in [1.807, 2.05) is 13.8 Å². The Morgan fingerprint density at radius 3 is 2.36 bits per heavy atom. The zero-order valence-corrected chi connectivity index (χ0v) is 7.13. The molecule has 0 heterocycles. The van der Waals surface area contributed by atoms with Gasteiger partial charge in [0.2, 0.25) is 5.70 Å². The summed E-state index contributed by atoms with van der Waals surface area (Å²) in [7, 11) is 0. The minimum Gasteiger partial charge on any atom is -0.259 e. The van der Waals surface area contributed by atoms with Crippen LogP contribution in [0.5, 0.6) is 0 Å². The molecule has 0 spiro atoms.